The van der Waals surface area contributed by atoms with Crippen molar-refractivity contribution in [1.82, 2.24) is 0 Å². The molecule has 0 spiro atoms. The van der Waals surface area contributed by atoms with Gasteiger partial charge in [0.25, 0.3) is 5.91 Å². The molecule has 2 heterocycles. The van der Waals surface area contributed by atoms with Crippen LogP contribution in [0.25, 0.3) is 0 Å². The van der Waals surface area contributed by atoms with Crippen molar-refractivity contribution in [2.24, 2.45) is 5.73 Å². The first-order valence-electron chi connectivity index (χ1n) is 5.93. The van der Waals surface area contributed by atoms with E-state index >= 15 is 0 Å². The summed E-state index contributed by atoms with van der Waals surface area (Å²) >= 11 is 1.07. The minimum absolute atomic E-state index is 0.0187. The van der Waals surface area contributed by atoms with Gasteiger partial charge in [0.1, 0.15) is 15.9 Å². The molecule has 0 unspecified atom stereocenters. The van der Waals surface area contributed by atoms with Gasteiger partial charge in [-0.25, -0.2) is 8.42 Å². The Labute approximate surface area is 120 Å². The van der Waals surface area contributed by atoms with Crippen LogP contribution in [0.3, 0.4) is 0 Å². The molecule has 1 saturated heterocycles. The first kappa shape index (κ1) is 14.6. The fourth-order valence-corrected chi connectivity index (χ4v) is 4.46. The van der Waals surface area contributed by atoms with Crippen LogP contribution in [0.5, 0.6) is 0 Å². The Bertz CT molecular complexity index is 687. The average molecular weight is 314 g/mol. The number of sulfone groups is 1. The zero-order valence-electron chi connectivity index (χ0n) is 10.6. The van der Waals surface area contributed by atoms with Gasteiger partial charge in [0, 0.05) is 13.1 Å². The van der Waals surface area contributed by atoms with Crippen LogP contribution in [-0.4, -0.2) is 38.9 Å². The minimum atomic E-state index is -3.05. The van der Waals surface area contributed by atoms with Crippen molar-refractivity contribution in [3.05, 3.63) is 10.4 Å². The predicted molar refractivity (Wildman–Crippen MR) is 77.4 cm³/mol. The minimum Gasteiger partial charge on any atom is -0.396 e. The van der Waals surface area contributed by atoms with Crippen molar-refractivity contribution in [3.63, 3.8) is 0 Å². The van der Waals surface area contributed by atoms with E-state index in [1.807, 2.05) is 6.07 Å². The number of thiophene rings is 1. The number of nitriles is 1. The van der Waals surface area contributed by atoms with Crippen LogP contribution >= 0.6 is 11.3 Å². The Kier molecular flexibility index (Phi) is 3.87. The molecule has 1 aromatic heterocycles. The van der Waals surface area contributed by atoms with Crippen molar-refractivity contribution in [2.45, 2.75) is 6.42 Å². The maximum atomic E-state index is 11.6. The van der Waals surface area contributed by atoms with Gasteiger partial charge in [-0.3, -0.25) is 4.79 Å². The number of carbonyl (C=O) groups excluding carboxylic acids is 1. The molecule has 0 radical (unpaired) electrons. The molecule has 0 bridgehead atoms. The highest BCUT2D eigenvalue weighted by atomic mass is 32.2. The van der Waals surface area contributed by atoms with E-state index in [4.69, 9.17) is 16.7 Å². The molecule has 20 heavy (non-hydrogen) atoms. The summed E-state index contributed by atoms with van der Waals surface area (Å²) in [5.74, 6) is -0.561. The normalized spacial score (nSPS) is 18.2. The summed E-state index contributed by atoms with van der Waals surface area (Å²) in [6.45, 7) is 0.762. The number of nitrogens with zero attached hydrogens (tertiary/aromatic N) is 2. The van der Waals surface area contributed by atoms with Crippen LogP contribution in [0.15, 0.2) is 0 Å². The first-order valence-corrected chi connectivity index (χ1v) is 8.57. The van der Waals surface area contributed by atoms with Crippen LogP contribution in [0, 0.1) is 11.3 Å². The van der Waals surface area contributed by atoms with Gasteiger partial charge in [0.05, 0.1) is 22.8 Å². The van der Waals surface area contributed by atoms with Gasteiger partial charge < -0.3 is 16.4 Å². The van der Waals surface area contributed by atoms with E-state index < -0.39 is 15.7 Å². The molecule has 1 aliphatic heterocycles. The quantitative estimate of drug-likeness (QED) is 0.785. The fourth-order valence-electron chi connectivity index (χ4n) is 2.12. The van der Waals surface area contributed by atoms with Gasteiger partial charge in [-0.1, -0.05) is 0 Å². The van der Waals surface area contributed by atoms with Crippen LogP contribution in [-0.2, 0) is 9.84 Å². The van der Waals surface area contributed by atoms with E-state index in [2.05, 4.69) is 0 Å². The van der Waals surface area contributed by atoms with Crippen molar-refractivity contribution in [2.75, 3.05) is 35.2 Å². The third-order valence-corrected chi connectivity index (χ3v) is 6.00. The van der Waals surface area contributed by atoms with E-state index in [-0.39, 0.29) is 34.2 Å². The third kappa shape index (κ3) is 2.71. The van der Waals surface area contributed by atoms with E-state index in [1.54, 1.807) is 4.90 Å². The van der Waals surface area contributed by atoms with Gasteiger partial charge in [-0.2, -0.15) is 5.26 Å². The molecule has 7 nitrogen and oxygen atoms in total. The molecule has 4 N–H and O–H groups in total. The highest BCUT2D eigenvalue weighted by molar-refractivity contribution is 7.91. The number of nitrogen functional groups attached to an aromatic ring is 1. The Balaban J connectivity index is 2.42. The summed E-state index contributed by atoms with van der Waals surface area (Å²) < 4.78 is 23.2. The average Bonchev–Trinajstić information content (AvgIpc) is 2.59. The van der Waals surface area contributed by atoms with Crippen LogP contribution in [0.2, 0.25) is 0 Å². The Morgan fingerprint density at radius 2 is 2.05 bits per heavy atom. The van der Waals surface area contributed by atoms with E-state index in [1.165, 1.54) is 0 Å². The van der Waals surface area contributed by atoms with E-state index in [0.717, 1.165) is 11.3 Å². The summed E-state index contributed by atoms with van der Waals surface area (Å²) in [7, 11) is -3.05. The molecule has 0 aliphatic carbocycles. The molecule has 108 valence electrons. The second kappa shape index (κ2) is 5.30. The van der Waals surface area contributed by atoms with Gasteiger partial charge >= 0.3 is 0 Å². The maximum absolute atomic E-state index is 11.6. The van der Waals surface area contributed by atoms with Crippen LogP contribution in [0.4, 0.5) is 10.7 Å². The lowest BCUT2D eigenvalue weighted by molar-refractivity contribution is 0.100. The SMILES string of the molecule is N#Cc1sc(N2CCCS(=O)(=O)CC2)c(C(N)=O)c1N. The summed E-state index contributed by atoms with van der Waals surface area (Å²) in [4.78, 5) is 13.5. The van der Waals surface area contributed by atoms with Gasteiger partial charge in [0.2, 0.25) is 0 Å². The van der Waals surface area contributed by atoms with Gasteiger partial charge in [-0.15, -0.1) is 11.3 Å². The van der Waals surface area contributed by atoms with Gasteiger partial charge in [0.15, 0.2) is 9.84 Å². The fraction of sp³-hybridized carbons (Fsp3) is 0.455. The number of rotatable bonds is 2. The number of hydrogen-bond donors (Lipinski definition) is 2. The number of nitrogens with two attached hydrogens (primary N) is 2. The lowest BCUT2D eigenvalue weighted by Crippen LogP contribution is -2.28. The molecule has 1 aliphatic rings. The number of carbonyl (C=O) groups is 1. The van der Waals surface area contributed by atoms with E-state index in [0.29, 0.717) is 18.0 Å². The third-order valence-electron chi connectivity index (χ3n) is 3.12. The summed E-state index contributed by atoms with van der Waals surface area (Å²) in [6, 6.07) is 1.92. The summed E-state index contributed by atoms with van der Waals surface area (Å²) in [6.07, 6.45) is 0.472. The zero-order valence-corrected chi connectivity index (χ0v) is 12.3. The maximum Gasteiger partial charge on any atom is 0.253 e. The Morgan fingerprint density at radius 1 is 1.35 bits per heavy atom. The van der Waals surface area contributed by atoms with Crippen LogP contribution < -0.4 is 16.4 Å². The second-order valence-corrected chi connectivity index (χ2v) is 7.80. The second-order valence-electron chi connectivity index (χ2n) is 4.49. The first-order chi connectivity index (χ1) is 9.35. The van der Waals surface area contributed by atoms with Crippen molar-refractivity contribution >= 4 is 37.8 Å². The molecular weight excluding hydrogens is 300 g/mol. The number of amides is 1. The molecule has 1 aromatic rings. The topological polar surface area (TPSA) is 130 Å². The number of hydrogen-bond acceptors (Lipinski definition) is 7. The lowest BCUT2D eigenvalue weighted by atomic mass is 10.2. The van der Waals surface area contributed by atoms with Crippen LogP contribution in [0.1, 0.15) is 21.7 Å². The Hall–Kier alpha value is -1.79. The molecule has 0 aromatic carbocycles. The highest BCUT2D eigenvalue weighted by Crippen LogP contribution is 2.38. The summed E-state index contributed by atoms with van der Waals surface area (Å²) in [5, 5.41) is 9.48. The largest absolute Gasteiger partial charge is 0.396 e. The predicted octanol–water partition coefficient (Wildman–Crippen LogP) is -0.0742. The van der Waals surface area contributed by atoms with Crippen molar-refractivity contribution in [1.29, 1.82) is 5.26 Å². The molecular formula is C11H14N4O3S2. The molecule has 0 saturated carbocycles. The summed E-state index contributed by atoms with van der Waals surface area (Å²) in [5.41, 5.74) is 11.3. The zero-order chi connectivity index (χ0) is 14.9. The molecule has 2 rings (SSSR count). The molecule has 1 fully saturated rings. The monoisotopic (exact) mass is 314 g/mol. The molecule has 9 heteroatoms. The molecule has 1 amide bonds. The highest BCUT2D eigenvalue weighted by Gasteiger charge is 2.27. The van der Waals surface area contributed by atoms with Crippen molar-refractivity contribution < 1.29 is 13.2 Å². The lowest BCUT2D eigenvalue weighted by Gasteiger charge is -2.21. The number of anilines is 2. The van der Waals surface area contributed by atoms with Gasteiger partial charge in [-0.05, 0) is 6.42 Å². The number of primary amides is 1. The Morgan fingerprint density at radius 3 is 2.65 bits per heavy atom. The standard InChI is InChI=1S/C11H14N4O3S2/c12-6-7-9(13)8(10(14)16)11(19-7)15-2-1-4-20(17,18)5-3-15/h1-5,13H2,(H2,14,16). The van der Waals surface area contributed by atoms with E-state index in [9.17, 15) is 13.2 Å². The molecule has 0 atom stereocenters. The smallest absolute Gasteiger partial charge is 0.253 e. The van der Waals surface area contributed by atoms with Crippen molar-refractivity contribution in [3.8, 4) is 6.07 Å².